The first-order valence-electron chi connectivity index (χ1n) is 8.42. The van der Waals surface area contributed by atoms with Crippen molar-refractivity contribution in [3.05, 3.63) is 76.3 Å². The van der Waals surface area contributed by atoms with E-state index in [2.05, 4.69) is 32.1 Å². The highest BCUT2D eigenvalue weighted by atomic mass is 79.9. The normalized spacial score (nSPS) is 18.0. The number of amides is 2. The van der Waals surface area contributed by atoms with Gasteiger partial charge in [0.1, 0.15) is 0 Å². The summed E-state index contributed by atoms with van der Waals surface area (Å²) in [5.74, 6) is -0.343. The molecule has 3 rings (SSSR count). The van der Waals surface area contributed by atoms with Crippen LogP contribution in [0.15, 0.2) is 65.1 Å². The molecule has 0 aromatic heterocycles. The van der Waals surface area contributed by atoms with E-state index in [4.69, 9.17) is 12.2 Å². The second kappa shape index (κ2) is 8.92. The van der Waals surface area contributed by atoms with Crippen molar-refractivity contribution in [2.75, 3.05) is 0 Å². The minimum Gasteiger partial charge on any atom is -0.298 e. The molecule has 2 aromatic rings. The van der Waals surface area contributed by atoms with Crippen molar-refractivity contribution in [2.45, 2.75) is 12.3 Å². The van der Waals surface area contributed by atoms with Gasteiger partial charge in [0.2, 0.25) is 11.8 Å². The molecule has 138 valence electrons. The lowest BCUT2D eigenvalue weighted by atomic mass is 10.1. The fourth-order valence-electron chi connectivity index (χ4n) is 2.70. The van der Waals surface area contributed by atoms with E-state index in [0.717, 1.165) is 22.0 Å². The average molecular weight is 444 g/mol. The van der Waals surface area contributed by atoms with Gasteiger partial charge >= 0.3 is 0 Å². The standard InChI is InChI=1S/C20H18BrN3O2S/c21-15-9-6-13(7-10-15)8-11-18(25)22-20(27)24-23-19(26)17-12-16(17)14-4-2-1-3-5-14/h1-11,16-17H,12H2,(H,23,26)(H2,22,24,25,27)/b11-8+/t16-,17+/m0/s1. The fraction of sp³-hybridized carbons (Fsp3) is 0.150. The molecular weight excluding hydrogens is 426 g/mol. The van der Waals surface area contributed by atoms with Gasteiger partial charge in [-0.2, -0.15) is 0 Å². The Kier molecular flexibility index (Phi) is 6.36. The lowest BCUT2D eigenvalue weighted by molar-refractivity contribution is -0.123. The Labute approximate surface area is 171 Å². The van der Waals surface area contributed by atoms with Gasteiger partial charge in [-0.3, -0.25) is 25.8 Å². The molecule has 0 aliphatic heterocycles. The first-order chi connectivity index (χ1) is 13.0. The molecule has 1 aliphatic carbocycles. The van der Waals surface area contributed by atoms with Crippen molar-refractivity contribution in [2.24, 2.45) is 5.92 Å². The molecule has 3 N–H and O–H groups in total. The van der Waals surface area contributed by atoms with Crippen LogP contribution in [0.25, 0.3) is 6.08 Å². The zero-order valence-electron chi connectivity index (χ0n) is 14.3. The van der Waals surface area contributed by atoms with Gasteiger partial charge in [-0.05, 0) is 53.9 Å². The van der Waals surface area contributed by atoms with Gasteiger partial charge in [-0.25, -0.2) is 0 Å². The second-order valence-electron chi connectivity index (χ2n) is 6.18. The zero-order valence-corrected chi connectivity index (χ0v) is 16.7. The van der Waals surface area contributed by atoms with Gasteiger partial charge in [0.25, 0.3) is 0 Å². The molecule has 0 radical (unpaired) electrons. The molecule has 1 fully saturated rings. The van der Waals surface area contributed by atoms with E-state index in [0.29, 0.717) is 0 Å². The summed E-state index contributed by atoms with van der Waals surface area (Å²) < 4.78 is 0.968. The molecule has 0 spiro atoms. The topological polar surface area (TPSA) is 70.2 Å². The Morgan fingerprint density at radius 2 is 1.74 bits per heavy atom. The number of carbonyl (C=O) groups excluding carboxylic acids is 2. The Morgan fingerprint density at radius 1 is 1.04 bits per heavy atom. The molecule has 2 atom stereocenters. The molecule has 5 nitrogen and oxygen atoms in total. The molecule has 0 unspecified atom stereocenters. The maximum Gasteiger partial charge on any atom is 0.250 e. The Hall–Kier alpha value is -2.51. The third-order valence-electron chi connectivity index (χ3n) is 4.19. The van der Waals surface area contributed by atoms with Crippen LogP contribution in [0.1, 0.15) is 23.5 Å². The molecule has 0 heterocycles. The van der Waals surface area contributed by atoms with Crippen LogP contribution in [-0.4, -0.2) is 16.9 Å². The Balaban J connectivity index is 1.40. The van der Waals surface area contributed by atoms with Crippen LogP contribution in [0.4, 0.5) is 0 Å². The summed E-state index contributed by atoms with van der Waals surface area (Å²) in [5.41, 5.74) is 7.18. The molecule has 0 bridgehead atoms. The van der Waals surface area contributed by atoms with Crippen molar-refractivity contribution in [3.63, 3.8) is 0 Å². The highest BCUT2D eigenvalue weighted by Crippen LogP contribution is 2.47. The minimum absolute atomic E-state index is 0.0470. The molecule has 0 saturated heterocycles. The van der Waals surface area contributed by atoms with Crippen molar-refractivity contribution in [3.8, 4) is 0 Å². The number of rotatable bonds is 4. The summed E-state index contributed by atoms with van der Waals surface area (Å²) in [6.07, 6.45) is 3.87. The lowest BCUT2D eigenvalue weighted by Gasteiger charge is -2.09. The summed E-state index contributed by atoms with van der Waals surface area (Å²) in [5, 5.41) is 2.54. The molecule has 7 heteroatoms. The van der Waals surface area contributed by atoms with E-state index in [-0.39, 0.29) is 28.8 Å². The largest absolute Gasteiger partial charge is 0.298 e. The molecule has 1 saturated carbocycles. The van der Waals surface area contributed by atoms with E-state index in [1.807, 2.05) is 54.6 Å². The second-order valence-corrected chi connectivity index (χ2v) is 7.50. The third-order valence-corrected chi connectivity index (χ3v) is 4.92. The number of hydrogen-bond acceptors (Lipinski definition) is 3. The van der Waals surface area contributed by atoms with Crippen LogP contribution in [0.5, 0.6) is 0 Å². The number of benzene rings is 2. The lowest BCUT2D eigenvalue weighted by Crippen LogP contribution is -2.48. The highest BCUT2D eigenvalue weighted by molar-refractivity contribution is 9.10. The van der Waals surface area contributed by atoms with E-state index in [9.17, 15) is 9.59 Å². The summed E-state index contributed by atoms with van der Waals surface area (Å²) in [7, 11) is 0. The van der Waals surface area contributed by atoms with Gasteiger partial charge in [-0.1, -0.05) is 58.4 Å². The minimum atomic E-state index is -0.377. The van der Waals surface area contributed by atoms with Crippen LogP contribution in [-0.2, 0) is 9.59 Å². The van der Waals surface area contributed by atoms with E-state index < -0.39 is 0 Å². The van der Waals surface area contributed by atoms with Gasteiger partial charge in [0, 0.05) is 16.5 Å². The maximum absolute atomic E-state index is 12.2. The molecule has 2 amide bonds. The zero-order chi connectivity index (χ0) is 19.2. The number of carbonyl (C=O) groups is 2. The monoisotopic (exact) mass is 443 g/mol. The van der Waals surface area contributed by atoms with Gasteiger partial charge in [-0.15, -0.1) is 0 Å². The summed E-state index contributed by atoms with van der Waals surface area (Å²) in [6.45, 7) is 0. The van der Waals surface area contributed by atoms with Crippen molar-refractivity contribution >= 4 is 51.2 Å². The summed E-state index contributed by atoms with van der Waals surface area (Å²) in [6, 6.07) is 17.5. The van der Waals surface area contributed by atoms with Crippen molar-refractivity contribution in [1.29, 1.82) is 0 Å². The number of hydrogen-bond donors (Lipinski definition) is 3. The Morgan fingerprint density at radius 3 is 2.44 bits per heavy atom. The van der Waals surface area contributed by atoms with Gasteiger partial charge in [0.05, 0.1) is 0 Å². The van der Waals surface area contributed by atoms with Crippen LogP contribution in [0, 0.1) is 5.92 Å². The van der Waals surface area contributed by atoms with Crippen LogP contribution in [0.3, 0.4) is 0 Å². The summed E-state index contributed by atoms with van der Waals surface area (Å²) >= 11 is 8.38. The van der Waals surface area contributed by atoms with Crippen LogP contribution >= 0.6 is 28.1 Å². The van der Waals surface area contributed by atoms with Crippen LogP contribution in [0.2, 0.25) is 0 Å². The number of halogens is 1. The van der Waals surface area contributed by atoms with E-state index in [1.54, 1.807) is 6.08 Å². The van der Waals surface area contributed by atoms with E-state index in [1.165, 1.54) is 6.08 Å². The predicted octanol–water partition coefficient (Wildman–Crippen LogP) is 3.29. The third kappa shape index (κ3) is 5.74. The van der Waals surface area contributed by atoms with Crippen molar-refractivity contribution in [1.82, 2.24) is 16.2 Å². The predicted molar refractivity (Wildman–Crippen MR) is 112 cm³/mol. The van der Waals surface area contributed by atoms with E-state index >= 15 is 0 Å². The molecule has 27 heavy (non-hydrogen) atoms. The van der Waals surface area contributed by atoms with Crippen LogP contribution < -0.4 is 16.2 Å². The first kappa shape index (κ1) is 19.3. The average Bonchev–Trinajstić information content (AvgIpc) is 3.47. The Bertz CT molecular complexity index is 869. The fourth-order valence-corrected chi connectivity index (χ4v) is 3.11. The highest BCUT2D eigenvalue weighted by Gasteiger charge is 2.43. The smallest absolute Gasteiger partial charge is 0.250 e. The summed E-state index contributed by atoms with van der Waals surface area (Å²) in [4.78, 5) is 24.0. The molecular formula is C20H18BrN3O2S. The van der Waals surface area contributed by atoms with Gasteiger partial charge in [0.15, 0.2) is 5.11 Å². The molecule has 1 aliphatic rings. The maximum atomic E-state index is 12.2. The quantitative estimate of drug-likeness (QED) is 0.385. The number of nitrogens with one attached hydrogen (secondary N) is 3. The number of thiocarbonyl (C=S) groups is 1. The SMILES string of the molecule is O=C(/C=C/c1ccc(Br)cc1)NC(=S)NNC(=O)[C@@H]1C[C@H]1c1ccccc1. The first-order valence-corrected chi connectivity index (χ1v) is 9.62. The number of hydrazine groups is 1. The van der Waals surface area contributed by atoms with Gasteiger partial charge < -0.3 is 0 Å². The molecule has 2 aromatic carbocycles. The van der Waals surface area contributed by atoms with Crippen molar-refractivity contribution < 1.29 is 9.59 Å².